The van der Waals surface area contributed by atoms with Crippen LogP contribution in [0.25, 0.3) is 0 Å². The van der Waals surface area contributed by atoms with Crippen molar-refractivity contribution in [1.82, 2.24) is 0 Å². The summed E-state index contributed by atoms with van der Waals surface area (Å²) in [6, 6.07) is 0. The number of allylic oxidation sites excluding steroid dienone is 2. The van der Waals surface area contributed by atoms with Gasteiger partial charge in [-0.25, -0.2) is 0 Å². The smallest absolute Gasteiger partial charge is 0.0707 e. The molecule has 2 aliphatic rings. The molecular weight excluding hydrogens is 114 g/mol. The van der Waals surface area contributed by atoms with Crippen molar-refractivity contribution in [3.8, 4) is 0 Å². The monoisotopic (exact) mass is 123 g/mol. The van der Waals surface area contributed by atoms with Crippen LogP contribution in [-0.2, 0) is 0 Å². The van der Waals surface area contributed by atoms with Crippen molar-refractivity contribution in [2.45, 2.75) is 12.8 Å². The first-order valence-corrected chi connectivity index (χ1v) is 3.32. The van der Waals surface area contributed by atoms with Crippen molar-refractivity contribution >= 4 is 5.71 Å². The maximum absolute atomic E-state index is 8.49. The lowest BCUT2D eigenvalue weighted by atomic mass is 10.1. The number of rotatable bonds is 0. The third kappa shape index (κ3) is 0.530. The SMILES string of the molecule is ON=C1[C@@H]2C=C[C@H]1CC2. The quantitative estimate of drug-likeness (QED) is 0.295. The molecule has 0 heterocycles. The van der Waals surface area contributed by atoms with E-state index in [-0.39, 0.29) is 0 Å². The van der Waals surface area contributed by atoms with Gasteiger partial charge in [0.1, 0.15) is 0 Å². The molecular formula is C7H9NO. The van der Waals surface area contributed by atoms with Crippen molar-refractivity contribution < 1.29 is 5.21 Å². The fraction of sp³-hybridized carbons (Fsp3) is 0.571. The Morgan fingerprint density at radius 2 is 1.89 bits per heavy atom. The third-order valence-electron chi connectivity index (χ3n) is 2.24. The molecule has 0 saturated heterocycles. The lowest BCUT2D eigenvalue weighted by Gasteiger charge is -1.95. The summed E-state index contributed by atoms with van der Waals surface area (Å²) >= 11 is 0. The maximum atomic E-state index is 8.49. The van der Waals surface area contributed by atoms with Gasteiger partial charge in [-0.3, -0.25) is 0 Å². The number of hydrogen-bond donors (Lipinski definition) is 1. The van der Waals surface area contributed by atoms with Crippen LogP contribution in [0.4, 0.5) is 0 Å². The summed E-state index contributed by atoms with van der Waals surface area (Å²) in [5.41, 5.74) is 0.981. The van der Waals surface area contributed by atoms with E-state index >= 15 is 0 Å². The van der Waals surface area contributed by atoms with Gasteiger partial charge in [0, 0.05) is 11.8 Å². The molecule has 48 valence electrons. The molecule has 9 heavy (non-hydrogen) atoms. The third-order valence-corrected chi connectivity index (χ3v) is 2.24. The van der Waals surface area contributed by atoms with Gasteiger partial charge in [-0.05, 0) is 12.8 Å². The van der Waals surface area contributed by atoms with Gasteiger partial charge in [0.15, 0.2) is 0 Å². The first kappa shape index (κ1) is 5.03. The Hall–Kier alpha value is -0.790. The Morgan fingerprint density at radius 1 is 1.33 bits per heavy atom. The predicted octanol–water partition coefficient (Wildman–Crippen LogP) is 1.41. The van der Waals surface area contributed by atoms with Gasteiger partial charge in [0.2, 0.25) is 0 Å². The van der Waals surface area contributed by atoms with Gasteiger partial charge in [0.05, 0.1) is 5.71 Å². The summed E-state index contributed by atoms with van der Waals surface area (Å²) < 4.78 is 0. The number of oxime groups is 1. The van der Waals surface area contributed by atoms with Crippen LogP contribution in [0.1, 0.15) is 12.8 Å². The molecule has 1 fully saturated rings. The Kier molecular flexibility index (Phi) is 0.891. The fourth-order valence-corrected chi connectivity index (χ4v) is 1.74. The van der Waals surface area contributed by atoms with E-state index in [0.717, 1.165) is 5.71 Å². The van der Waals surface area contributed by atoms with Crippen LogP contribution in [0.3, 0.4) is 0 Å². The van der Waals surface area contributed by atoms with E-state index in [1.807, 2.05) is 0 Å². The number of fused-ring (bicyclic) bond motifs is 2. The minimum Gasteiger partial charge on any atom is -0.411 e. The number of nitrogens with zero attached hydrogens (tertiary/aromatic N) is 1. The van der Waals surface area contributed by atoms with Crippen LogP contribution in [0.2, 0.25) is 0 Å². The van der Waals surface area contributed by atoms with E-state index in [1.165, 1.54) is 12.8 Å². The average Bonchev–Trinajstić information content (AvgIpc) is 2.44. The molecule has 0 spiro atoms. The van der Waals surface area contributed by atoms with Gasteiger partial charge in [-0.1, -0.05) is 17.3 Å². The summed E-state index contributed by atoms with van der Waals surface area (Å²) in [7, 11) is 0. The molecule has 2 nitrogen and oxygen atoms in total. The molecule has 2 rings (SSSR count). The average molecular weight is 123 g/mol. The van der Waals surface area contributed by atoms with E-state index in [4.69, 9.17) is 5.21 Å². The lowest BCUT2D eigenvalue weighted by molar-refractivity contribution is 0.315. The van der Waals surface area contributed by atoms with E-state index in [1.54, 1.807) is 0 Å². The second kappa shape index (κ2) is 1.59. The zero-order valence-corrected chi connectivity index (χ0v) is 5.12. The molecule has 1 N–H and O–H groups in total. The first-order chi connectivity index (χ1) is 4.42. The summed E-state index contributed by atoms with van der Waals surface area (Å²) in [4.78, 5) is 0. The summed E-state index contributed by atoms with van der Waals surface area (Å²) in [6.07, 6.45) is 6.65. The van der Waals surface area contributed by atoms with E-state index in [2.05, 4.69) is 17.3 Å². The van der Waals surface area contributed by atoms with Crippen LogP contribution >= 0.6 is 0 Å². The molecule has 2 atom stereocenters. The van der Waals surface area contributed by atoms with Crippen molar-refractivity contribution in [2.24, 2.45) is 17.0 Å². The molecule has 0 aromatic heterocycles. The maximum Gasteiger partial charge on any atom is 0.0707 e. The molecule has 0 aliphatic heterocycles. The highest BCUT2D eigenvalue weighted by Gasteiger charge is 2.33. The highest BCUT2D eigenvalue weighted by molar-refractivity contribution is 5.95. The summed E-state index contributed by atoms with van der Waals surface area (Å²) in [5, 5.41) is 11.8. The molecule has 1 saturated carbocycles. The summed E-state index contributed by atoms with van der Waals surface area (Å²) in [5.74, 6) is 0.944. The molecule has 2 bridgehead atoms. The zero-order valence-electron chi connectivity index (χ0n) is 5.12. The largest absolute Gasteiger partial charge is 0.411 e. The van der Waals surface area contributed by atoms with Gasteiger partial charge in [0.25, 0.3) is 0 Å². The Balaban J connectivity index is 2.35. The van der Waals surface area contributed by atoms with E-state index in [9.17, 15) is 0 Å². The number of hydrogen-bond acceptors (Lipinski definition) is 2. The standard InChI is InChI=1S/C7H9NO/c9-8-7-5-1-2-6(7)4-3-5/h1-2,5-6,9H,3-4H2/t5-,6+. The second-order valence-corrected chi connectivity index (χ2v) is 2.70. The van der Waals surface area contributed by atoms with Crippen LogP contribution in [0, 0.1) is 11.8 Å². The minimum absolute atomic E-state index is 0.472. The van der Waals surface area contributed by atoms with Gasteiger partial charge < -0.3 is 5.21 Å². The van der Waals surface area contributed by atoms with E-state index in [0.29, 0.717) is 11.8 Å². The predicted molar refractivity (Wildman–Crippen MR) is 34.6 cm³/mol. The zero-order chi connectivity index (χ0) is 6.27. The molecule has 0 radical (unpaired) electrons. The van der Waals surface area contributed by atoms with Gasteiger partial charge in [-0.15, -0.1) is 0 Å². The molecule has 2 heteroatoms. The van der Waals surface area contributed by atoms with Crippen LogP contribution in [0.15, 0.2) is 17.3 Å². The van der Waals surface area contributed by atoms with Crippen molar-refractivity contribution in [1.29, 1.82) is 0 Å². The van der Waals surface area contributed by atoms with Gasteiger partial charge in [-0.2, -0.15) is 0 Å². The normalized spacial score (nSPS) is 42.9. The van der Waals surface area contributed by atoms with Crippen LogP contribution in [-0.4, -0.2) is 10.9 Å². The van der Waals surface area contributed by atoms with Crippen molar-refractivity contribution in [3.05, 3.63) is 12.2 Å². The molecule has 2 aliphatic carbocycles. The molecule has 0 unspecified atom stereocenters. The second-order valence-electron chi connectivity index (χ2n) is 2.70. The highest BCUT2D eigenvalue weighted by Crippen LogP contribution is 2.36. The highest BCUT2D eigenvalue weighted by atomic mass is 16.4. The Bertz CT molecular complexity index is 167. The van der Waals surface area contributed by atoms with Gasteiger partial charge >= 0.3 is 0 Å². The molecule has 0 aromatic rings. The van der Waals surface area contributed by atoms with Crippen molar-refractivity contribution in [2.75, 3.05) is 0 Å². The van der Waals surface area contributed by atoms with Crippen LogP contribution < -0.4 is 0 Å². The van der Waals surface area contributed by atoms with Crippen molar-refractivity contribution in [3.63, 3.8) is 0 Å². The van der Waals surface area contributed by atoms with E-state index < -0.39 is 0 Å². The first-order valence-electron chi connectivity index (χ1n) is 3.32. The fourth-order valence-electron chi connectivity index (χ4n) is 1.74. The minimum atomic E-state index is 0.472. The molecule has 0 aromatic carbocycles. The van der Waals surface area contributed by atoms with Crippen LogP contribution in [0.5, 0.6) is 0 Å². The Morgan fingerprint density at radius 3 is 2.11 bits per heavy atom. The summed E-state index contributed by atoms with van der Waals surface area (Å²) in [6.45, 7) is 0. The molecule has 0 amide bonds. The lowest BCUT2D eigenvalue weighted by Crippen LogP contribution is -2.03. The topological polar surface area (TPSA) is 32.6 Å². The Labute approximate surface area is 53.9 Å².